The normalized spacial score (nSPS) is 19.0. The second kappa shape index (κ2) is 6.00. The van der Waals surface area contributed by atoms with Gasteiger partial charge in [-0.25, -0.2) is 4.98 Å². The first-order chi connectivity index (χ1) is 10.2. The van der Waals surface area contributed by atoms with E-state index in [0.717, 1.165) is 35.9 Å². The van der Waals surface area contributed by atoms with Gasteiger partial charge in [-0.2, -0.15) is 0 Å². The van der Waals surface area contributed by atoms with Gasteiger partial charge in [0.15, 0.2) is 0 Å². The summed E-state index contributed by atoms with van der Waals surface area (Å²) in [6, 6.07) is 9.77. The lowest BCUT2D eigenvalue weighted by molar-refractivity contribution is -0.146. The van der Waals surface area contributed by atoms with Gasteiger partial charge >= 0.3 is 5.97 Å². The molecule has 0 spiro atoms. The Bertz CT molecular complexity index is 674. The molecule has 0 radical (unpaired) electrons. The predicted octanol–water partition coefficient (Wildman–Crippen LogP) is 3.03. The molecule has 1 fully saturated rings. The molecule has 0 amide bonds. The first-order valence-electron chi connectivity index (χ1n) is 7.05. The van der Waals surface area contributed by atoms with Gasteiger partial charge in [0.25, 0.3) is 0 Å². The van der Waals surface area contributed by atoms with Crippen LogP contribution in [-0.4, -0.2) is 35.5 Å². The molecule has 110 valence electrons. The fourth-order valence-corrected chi connectivity index (χ4v) is 3.09. The van der Waals surface area contributed by atoms with Crippen molar-refractivity contribution < 1.29 is 9.53 Å². The molecule has 1 atom stereocenters. The van der Waals surface area contributed by atoms with Gasteiger partial charge in [0.2, 0.25) is 0 Å². The minimum absolute atomic E-state index is 0.169. The number of fused-ring (bicyclic) bond motifs is 1. The highest BCUT2D eigenvalue weighted by Crippen LogP contribution is 2.26. The van der Waals surface area contributed by atoms with E-state index in [9.17, 15) is 4.79 Å². The third-order valence-electron chi connectivity index (χ3n) is 3.96. The molecule has 1 aromatic heterocycles. The number of nitrogens with zero attached hydrogens (tertiary/aromatic N) is 2. The van der Waals surface area contributed by atoms with Crippen molar-refractivity contribution in [1.29, 1.82) is 0 Å². The van der Waals surface area contributed by atoms with Crippen molar-refractivity contribution >= 4 is 28.5 Å². The molecule has 2 heterocycles. The van der Waals surface area contributed by atoms with Gasteiger partial charge in [-0.05, 0) is 31.5 Å². The molecule has 4 nitrogen and oxygen atoms in total. The van der Waals surface area contributed by atoms with Crippen LogP contribution in [0.1, 0.15) is 18.4 Å². The summed E-state index contributed by atoms with van der Waals surface area (Å²) in [4.78, 5) is 18.3. The molecule has 21 heavy (non-hydrogen) atoms. The average molecular weight is 305 g/mol. The van der Waals surface area contributed by atoms with Crippen LogP contribution in [-0.2, 0) is 16.1 Å². The van der Waals surface area contributed by atoms with E-state index in [-0.39, 0.29) is 12.0 Å². The molecule has 0 bridgehead atoms. The van der Waals surface area contributed by atoms with E-state index in [1.165, 1.54) is 7.11 Å². The SMILES string of the molecule is COC(=O)C1CCCN1Cc1cc2ccccc2nc1Cl. The Hall–Kier alpha value is -1.65. The monoisotopic (exact) mass is 304 g/mol. The number of benzene rings is 1. The maximum atomic E-state index is 11.8. The number of esters is 1. The number of likely N-dealkylation sites (tertiary alicyclic amines) is 1. The van der Waals surface area contributed by atoms with Gasteiger partial charge in [-0.1, -0.05) is 29.8 Å². The number of carbonyl (C=O) groups excluding carboxylic acids is 1. The molecular weight excluding hydrogens is 288 g/mol. The summed E-state index contributed by atoms with van der Waals surface area (Å²) in [6.07, 6.45) is 1.84. The smallest absolute Gasteiger partial charge is 0.323 e. The quantitative estimate of drug-likeness (QED) is 0.646. The number of aromatic nitrogens is 1. The lowest BCUT2D eigenvalue weighted by Crippen LogP contribution is -2.36. The molecule has 5 heteroatoms. The topological polar surface area (TPSA) is 42.4 Å². The number of hydrogen-bond acceptors (Lipinski definition) is 4. The minimum Gasteiger partial charge on any atom is -0.468 e. The van der Waals surface area contributed by atoms with Crippen LogP contribution < -0.4 is 0 Å². The Kier molecular flexibility index (Phi) is 4.08. The lowest BCUT2D eigenvalue weighted by Gasteiger charge is -2.22. The minimum atomic E-state index is -0.169. The summed E-state index contributed by atoms with van der Waals surface area (Å²) in [6.45, 7) is 1.50. The molecule has 1 aliphatic heterocycles. The molecule has 1 aromatic carbocycles. The van der Waals surface area contributed by atoms with E-state index in [1.54, 1.807) is 0 Å². The second-order valence-electron chi connectivity index (χ2n) is 5.28. The molecule has 0 N–H and O–H groups in total. The number of methoxy groups -OCH3 is 1. The number of ether oxygens (including phenoxy) is 1. The first-order valence-corrected chi connectivity index (χ1v) is 7.43. The molecule has 0 saturated carbocycles. The Morgan fingerprint density at radius 1 is 1.48 bits per heavy atom. The van der Waals surface area contributed by atoms with Gasteiger partial charge < -0.3 is 4.74 Å². The highest BCUT2D eigenvalue weighted by Gasteiger charge is 2.31. The zero-order chi connectivity index (χ0) is 14.8. The fourth-order valence-electron chi connectivity index (χ4n) is 2.88. The summed E-state index contributed by atoms with van der Waals surface area (Å²) in [5, 5.41) is 1.56. The number of hydrogen-bond donors (Lipinski definition) is 0. The predicted molar refractivity (Wildman–Crippen MR) is 82.2 cm³/mol. The Balaban J connectivity index is 1.87. The van der Waals surface area contributed by atoms with E-state index in [2.05, 4.69) is 16.0 Å². The van der Waals surface area contributed by atoms with Crippen molar-refractivity contribution in [3.8, 4) is 0 Å². The van der Waals surface area contributed by atoms with Crippen LogP contribution >= 0.6 is 11.6 Å². The third-order valence-corrected chi connectivity index (χ3v) is 4.29. The summed E-state index contributed by atoms with van der Waals surface area (Å²) >= 11 is 6.29. The number of pyridine rings is 1. The molecule has 0 aliphatic carbocycles. The van der Waals surface area contributed by atoms with Crippen molar-refractivity contribution in [2.24, 2.45) is 0 Å². The standard InChI is InChI=1S/C16H17ClN2O2/c1-21-16(20)14-7-4-8-19(14)10-12-9-11-5-2-3-6-13(11)18-15(12)17/h2-3,5-6,9,14H,4,7-8,10H2,1H3. The van der Waals surface area contributed by atoms with Gasteiger partial charge in [-0.3, -0.25) is 9.69 Å². The summed E-state index contributed by atoms with van der Waals surface area (Å²) in [5.41, 5.74) is 1.84. The highest BCUT2D eigenvalue weighted by atomic mass is 35.5. The van der Waals surface area contributed by atoms with Gasteiger partial charge in [0.05, 0.1) is 12.6 Å². The Morgan fingerprint density at radius 2 is 2.29 bits per heavy atom. The van der Waals surface area contributed by atoms with Gasteiger partial charge in [0, 0.05) is 17.5 Å². The molecule has 3 rings (SSSR count). The summed E-state index contributed by atoms with van der Waals surface area (Å²) in [5.74, 6) is -0.169. The Labute approximate surface area is 128 Å². The lowest BCUT2D eigenvalue weighted by atomic mass is 10.1. The van der Waals surface area contributed by atoms with E-state index in [1.807, 2.05) is 24.3 Å². The maximum Gasteiger partial charge on any atom is 0.323 e. The zero-order valence-corrected chi connectivity index (χ0v) is 12.6. The second-order valence-corrected chi connectivity index (χ2v) is 5.64. The van der Waals surface area contributed by atoms with Crippen LogP contribution in [0.5, 0.6) is 0 Å². The molecular formula is C16H17ClN2O2. The number of carbonyl (C=O) groups is 1. The zero-order valence-electron chi connectivity index (χ0n) is 11.9. The van der Waals surface area contributed by atoms with Crippen LogP contribution in [0.15, 0.2) is 30.3 Å². The first kappa shape index (κ1) is 14.3. The van der Waals surface area contributed by atoms with Gasteiger partial charge in [0.1, 0.15) is 11.2 Å². The van der Waals surface area contributed by atoms with Crippen molar-refractivity contribution in [2.75, 3.05) is 13.7 Å². The average Bonchev–Trinajstić information content (AvgIpc) is 2.95. The van der Waals surface area contributed by atoms with Crippen molar-refractivity contribution in [3.05, 3.63) is 41.0 Å². The van der Waals surface area contributed by atoms with Crippen molar-refractivity contribution in [1.82, 2.24) is 9.88 Å². The fraction of sp³-hybridized carbons (Fsp3) is 0.375. The molecule has 1 saturated heterocycles. The van der Waals surface area contributed by atoms with E-state index < -0.39 is 0 Å². The summed E-state index contributed by atoms with van der Waals surface area (Å²) < 4.78 is 4.87. The number of para-hydroxylation sites is 1. The third kappa shape index (κ3) is 2.87. The van der Waals surface area contributed by atoms with Crippen molar-refractivity contribution in [3.63, 3.8) is 0 Å². The highest BCUT2D eigenvalue weighted by molar-refractivity contribution is 6.30. The van der Waals surface area contributed by atoms with Crippen LogP contribution in [0.4, 0.5) is 0 Å². The van der Waals surface area contributed by atoms with Crippen molar-refractivity contribution in [2.45, 2.75) is 25.4 Å². The molecule has 2 aromatic rings. The Morgan fingerprint density at radius 3 is 3.10 bits per heavy atom. The number of halogens is 1. The molecule has 1 unspecified atom stereocenters. The summed E-state index contributed by atoms with van der Waals surface area (Å²) in [7, 11) is 1.43. The van der Waals surface area contributed by atoms with E-state index in [0.29, 0.717) is 11.7 Å². The van der Waals surface area contributed by atoms with Gasteiger partial charge in [-0.15, -0.1) is 0 Å². The molecule has 1 aliphatic rings. The van der Waals surface area contributed by atoms with E-state index in [4.69, 9.17) is 16.3 Å². The number of rotatable bonds is 3. The van der Waals surface area contributed by atoms with Crippen LogP contribution in [0, 0.1) is 0 Å². The van der Waals surface area contributed by atoms with E-state index >= 15 is 0 Å². The van der Waals surface area contributed by atoms with Crippen LogP contribution in [0.3, 0.4) is 0 Å². The van der Waals surface area contributed by atoms with Crippen LogP contribution in [0.25, 0.3) is 10.9 Å². The maximum absolute atomic E-state index is 11.8. The largest absolute Gasteiger partial charge is 0.468 e. The van der Waals surface area contributed by atoms with Crippen LogP contribution in [0.2, 0.25) is 5.15 Å².